The van der Waals surface area contributed by atoms with Gasteiger partial charge in [-0.1, -0.05) is 23.7 Å². The summed E-state index contributed by atoms with van der Waals surface area (Å²) < 4.78 is 1.96. The molecule has 6 heteroatoms. The minimum absolute atomic E-state index is 0.495. The minimum Gasteiger partial charge on any atom is -0.303 e. The Labute approximate surface area is 136 Å². The zero-order valence-electron chi connectivity index (χ0n) is 13.0. The third kappa shape index (κ3) is 3.84. The Morgan fingerprint density at radius 1 is 1.36 bits per heavy atom. The lowest BCUT2D eigenvalue weighted by Crippen LogP contribution is -2.37. The fourth-order valence-corrected chi connectivity index (χ4v) is 3.24. The number of hydrogen-bond acceptors (Lipinski definition) is 4. The fraction of sp³-hybridized carbons (Fsp3) is 0.562. The number of pyridine rings is 1. The predicted molar refractivity (Wildman–Crippen MR) is 87.7 cm³/mol. The van der Waals surface area contributed by atoms with E-state index in [0.29, 0.717) is 11.1 Å². The Morgan fingerprint density at radius 3 is 3.05 bits per heavy atom. The van der Waals surface area contributed by atoms with E-state index in [4.69, 9.17) is 11.6 Å². The van der Waals surface area contributed by atoms with Crippen molar-refractivity contribution >= 4 is 11.6 Å². The van der Waals surface area contributed by atoms with Crippen molar-refractivity contribution in [1.82, 2.24) is 24.9 Å². The van der Waals surface area contributed by atoms with Gasteiger partial charge in [0.2, 0.25) is 0 Å². The molecule has 5 nitrogen and oxygen atoms in total. The van der Waals surface area contributed by atoms with Crippen molar-refractivity contribution in [3.05, 3.63) is 29.7 Å². The maximum Gasteiger partial charge on any atom is 0.129 e. The molecule has 1 atom stereocenters. The molecule has 1 unspecified atom stereocenters. The summed E-state index contributed by atoms with van der Waals surface area (Å²) >= 11 is 5.82. The van der Waals surface area contributed by atoms with Gasteiger partial charge in [0.1, 0.15) is 10.8 Å². The Kier molecular flexibility index (Phi) is 5.05. The van der Waals surface area contributed by atoms with Crippen LogP contribution in [-0.4, -0.2) is 44.5 Å². The van der Waals surface area contributed by atoms with Crippen molar-refractivity contribution in [2.75, 3.05) is 19.6 Å². The van der Waals surface area contributed by atoms with E-state index in [1.165, 1.54) is 38.9 Å². The molecule has 0 aliphatic carbocycles. The lowest BCUT2D eigenvalue weighted by atomic mass is 9.98. The van der Waals surface area contributed by atoms with E-state index in [1.54, 1.807) is 12.3 Å². The van der Waals surface area contributed by atoms with E-state index < -0.39 is 0 Å². The largest absolute Gasteiger partial charge is 0.303 e. The number of piperidine rings is 1. The summed E-state index contributed by atoms with van der Waals surface area (Å²) in [6.07, 6.45) is 7.53. The lowest BCUT2D eigenvalue weighted by molar-refractivity contribution is 0.159. The summed E-state index contributed by atoms with van der Waals surface area (Å²) in [4.78, 5) is 6.66. The van der Waals surface area contributed by atoms with E-state index in [0.717, 1.165) is 17.8 Å². The number of hydrogen-bond donors (Lipinski definition) is 0. The van der Waals surface area contributed by atoms with Crippen LogP contribution in [0.4, 0.5) is 0 Å². The van der Waals surface area contributed by atoms with Crippen molar-refractivity contribution < 1.29 is 0 Å². The third-order valence-corrected chi connectivity index (χ3v) is 4.37. The first kappa shape index (κ1) is 15.4. The molecule has 0 radical (unpaired) electrons. The number of likely N-dealkylation sites (tertiary alicyclic amines) is 1. The van der Waals surface area contributed by atoms with Gasteiger partial charge in [-0.05, 0) is 50.4 Å². The molecule has 0 saturated carbocycles. The average molecular weight is 320 g/mol. The molecule has 1 aliphatic rings. The smallest absolute Gasteiger partial charge is 0.129 e. The number of aromatic nitrogens is 4. The van der Waals surface area contributed by atoms with Gasteiger partial charge in [-0.3, -0.25) is 4.68 Å². The summed E-state index contributed by atoms with van der Waals surface area (Å²) in [5, 5.41) is 9.02. The van der Waals surface area contributed by atoms with E-state index in [-0.39, 0.29) is 0 Å². The van der Waals surface area contributed by atoms with Crippen LogP contribution in [-0.2, 0) is 6.54 Å². The molecule has 118 valence electrons. The summed E-state index contributed by atoms with van der Waals surface area (Å²) in [7, 11) is 0. The fourth-order valence-electron chi connectivity index (χ4n) is 3.13. The van der Waals surface area contributed by atoms with Gasteiger partial charge in [0, 0.05) is 24.8 Å². The van der Waals surface area contributed by atoms with E-state index >= 15 is 0 Å². The molecule has 0 N–H and O–H groups in total. The number of rotatable bonds is 5. The highest BCUT2D eigenvalue weighted by Gasteiger charge is 2.20. The number of halogens is 1. The monoisotopic (exact) mass is 319 g/mol. The Bertz CT molecular complexity index is 593. The molecule has 3 rings (SSSR count). The van der Waals surface area contributed by atoms with Crippen LogP contribution in [0.5, 0.6) is 0 Å². The van der Waals surface area contributed by atoms with Gasteiger partial charge in [-0.15, -0.1) is 5.10 Å². The molecule has 2 aromatic heterocycles. The van der Waals surface area contributed by atoms with Crippen LogP contribution in [0, 0.1) is 5.92 Å². The summed E-state index contributed by atoms with van der Waals surface area (Å²) in [5.41, 5.74) is 1.80. The molecular weight excluding hydrogens is 298 g/mol. The quantitative estimate of drug-likeness (QED) is 0.794. The summed E-state index contributed by atoms with van der Waals surface area (Å²) in [6, 6.07) is 3.70. The maximum atomic E-state index is 5.82. The van der Waals surface area contributed by atoms with Crippen LogP contribution in [0.3, 0.4) is 0 Å². The van der Waals surface area contributed by atoms with Gasteiger partial charge >= 0.3 is 0 Å². The van der Waals surface area contributed by atoms with Crippen LogP contribution in [0.25, 0.3) is 11.3 Å². The predicted octanol–water partition coefficient (Wildman–Crippen LogP) is 3.12. The maximum absolute atomic E-state index is 5.82. The van der Waals surface area contributed by atoms with Gasteiger partial charge < -0.3 is 4.90 Å². The Morgan fingerprint density at radius 2 is 2.27 bits per heavy atom. The first-order valence-electron chi connectivity index (χ1n) is 7.99. The van der Waals surface area contributed by atoms with Crippen molar-refractivity contribution in [3.8, 4) is 11.3 Å². The molecule has 0 bridgehead atoms. The first-order valence-corrected chi connectivity index (χ1v) is 8.37. The number of nitrogens with zero attached hydrogens (tertiary/aromatic N) is 5. The highest BCUT2D eigenvalue weighted by atomic mass is 35.5. The second kappa shape index (κ2) is 7.20. The van der Waals surface area contributed by atoms with Gasteiger partial charge in [0.05, 0.1) is 6.20 Å². The van der Waals surface area contributed by atoms with Crippen LogP contribution < -0.4 is 0 Å². The topological polar surface area (TPSA) is 46.8 Å². The van der Waals surface area contributed by atoms with Crippen molar-refractivity contribution in [3.63, 3.8) is 0 Å². The second-order valence-corrected chi connectivity index (χ2v) is 6.39. The highest BCUT2D eigenvalue weighted by Crippen LogP contribution is 2.20. The lowest BCUT2D eigenvalue weighted by Gasteiger charge is -2.32. The molecule has 1 fully saturated rings. The second-order valence-electron chi connectivity index (χ2n) is 6.00. The minimum atomic E-state index is 0.495. The Balaban J connectivity index is 1.63. The summed E-state index contributed by atoms with van der Waals surface area (Å²) in [5.74, 6) is 0.665. The molecular formula is C16H22ClN5. The molecule has 0 spiro atoms. The normalized spacial score (nSPS) is 19.5. The van der Waals surface area contributed by atoms with E-state index in [2.05, 4.69) is 27.1 Å². The Hall–Kier alpha value is -1.46. The molecule has 1 aliphatic heterocycles. The van der Waals surface area contributed by atoms with Crippen molar-refractivity contribution in [1.29, 1.82) is 0 Å². The average Bonchev–Trinajstić information content (AvgIpc) is 2.97. The van der Waals surface area contributed by atoms with Crippen molar-refractivity contribution in [2.24, 2.45) is 5.92 Å². The van der Waals surface area contributed by atoms with Crippen LogP contribution >= 0.6 is 11.6 Å². The van der Waals surface area contributed by atoms with E-state index in [9.17, 15) is 0 Å². The van der Waals surface area contributed by atoms with Gasteiger partial charge in [-0.2, -0.15) is 0 Å². The van der Waals surface area contributed by atoms with E-state index in [1.807, 2.05) is 16.9 Å². The third-order valence-electron chi connectivity index (χ3n) is 4.15. The molecule has 3 heterocycles. The zero-order valence-corrected chi connectivity index (χ0v) is 13.7. The van der Waals surface area contributed by atoms with Gasteiger partial charge in [0.25, 0.3) is 0 Å². The molecule has 1 saturated heterocycles. The first-order chi connectivity index (χ1) is 10.7. The highest BCUT2D eigenvalue weighted by molar-refractivity contribution is 6.29. The molecule has 2 aromatic rings. The summed E-state index contributed by atoms with van der Waals surface area (Å²) in [6.45, 7) is 6.80. The molecule has 0 aromatic carbocycles. The van der Waals surface area contributed by atoms with Gasteiger partial charge in [-0.25, -0.2) is 4.98 Å². The standard InChI is InChI=1S/C16H22ClN5/c1-2-7-21-8-3-4-13(10-21)11-22-12-15(19-20-22)14-5-6-16(17)18-9-14/h5-6,9,12-13H,2-4,7-8,10-11H2,1H3. The molecule has 22 heavy (non-hydrogen) atoms. The zero-order chi connectivity index (χ0) is 15.4. The van der Waals surface area contributed by atoms with Crippen LogP contribution in [0.2, 0.25) is 5.15 Å². The van der Waals surface area contributed by atoms with Crippen LogP contribution in [0.15, 0.2) is 24.5 Å². The SMILES string of the molecule is CCCN1CCCC(Cn2cc(-c3ccc(Cl)nc3)nn2)C1. The van der Waals surface area contributed by atoms with Crippen LogP contribution in [0.1, 0.15) is 26.2 Å². The molecule has 0 amide bonds. The van der Waals surface area contributed by atoms with Gasteiger partial charge in [0.15, 0.2) is 0 Å². The van der Waals surface area contributed by atoms with Crippen molar-refractivity contribution in [2.45, 2.75) is 32.7 Å².